The number of nitrogens with two attached hydrogens (primary N) is 1. The molecule has 7 heteroatoms. The minimum Gasteiger partial charge on any atom is -0.662 e. The molecule has 4 N–H and O–H groups in total. The minimum absolute atomic E-state index is 0.172. The van der Waals surface area contributed by atoms with Crippen molar-refractivity contribution in [3.8, 4) is 0 Å². The van der Waals surface area contributed by atoms with E-state index in [1.807, 2.05) is 0 Å². The number of nitrogens with one attached hydrogen (secondary N) is 1. The van der Waals surface area contributed by atoms with Gasteiger partial charge >= 0.3 is 12.1 Å². The molecular formula is C34H70N3O4-. The number of hydrogen-bond donors (Lipinski definition) is 3. The van der Waals surface area contributed by atoms with Crippen LogP contribution in [0, 0.1) is 0 Å². The summed E-state index contributed by atoms with van der Waals surface area (Å²) in [4.78, 5) is 21.6. The van der Waals surface area contributed by atoms with Crippen LogP contribution >= 0.6 is 0 Å². The van der Waals surface area contributed by atoms with Crippen molar-refractivity contribution in [2.45, 2.75) is 188 Å². The van der Waals surface area contributed by atoms with Gasteiger partial charge in [0.25, 0.3) is 0 Å². The highest BCUT2D eigenvalue weighted by Crippen LogP contribution is 2.13. The fraction of sp³-hybridized carbons (Fsp3) is 0.941. The predicted octanol–water partition coefficient (Wildman–Crippen LogP) is 9.91. The standard InChI is InChI=1S/C26H54N.C8H16N2O4/c1-3-5-7-9-11-13-15-16-18-20-22-24-26-27-25-23-21-19-17-14-12-10-8-6-4-2;1-8(2,3)14-7(13)10-5(4-9)6(11)12/h3-26H2,1-2H3;5H,4,9H2,1-3H3,(H,10,13)(H,11,12)/q-1;/t;5-/m.0/s1. The molecule has 7 nitrogen and oxygen atoms in total. The quantitative estimate of drug-likeness (QED) is 0.0831. The molecule has 0 radical (unpaired) electrons. The number of carbonyl (C=O) groups excluding carboxylic acids is 1. The van der Waals surface area contributed by atoms with Crippen LogP contribution in [0.2, 0.25) is 0 Å². The normalized spacial score (nSPS) is 12.0. The molecule has 246 valence electrons. The second kappa shape index (κ2) is 31.6. The Morgan fingerprint density at radius 1 is 0.659 bits per heavy atom. The summed E-state index contributed by atoms with van der Waals surface area (Å²) in [5.74, 6) is -1.18. The summed E-state index contributed by atoms with van der Waals surface area (Å²) in [6.45, 7) is 11.7. The second-order valence-corrected chi connectivity index (χ2v) is 12.5. The van der Waals surface area contributed by atoms with Crippen LogP contribution in [0.1, 0.15) is 176 Å². The van der Waals surface area contributed by atoms with Crippen LogP contribution in [0.25, 0.3) is 5.32 Å². The third kappa shape index (κ3) is 36.6. The number of hydrogen-bond acceptors (Lipinski definition) is 4. The Morgan fingerprint density at radius 2 is 0.976 bits per heavy atom. The molecule has 1 atom stereocenters. The van der Waals surface area contributed by atoms with Crippen molar-refractivity contribution in [1.82, 2.24) is 5.32 Å². The maximum atomic E-state index is 11.1. The SMILES string of the molecule is CC(C)(C)OC(=O)N[C@@H](CN)C(=O)O.CCCCCCCCCCCCCC[N-]CCCCCCCCCCCC. The molecule has 0 saturated heterocycles. The summed E-state index contributed by atoms with van der Waals surface area (Å²) in [6, 6.07) is -1.11. The molecule has 0 unspecified atom stereocenters. The van der Waals surface area contributed by atoms with E-state index in [9.17, 15) is 9.59 Å². The van der Waals surface area contributed by atoms with E-state index in [2.05, 4.69) is 19.2 Å². The van der Waals surface area contributed by atoms with Crippen LogP contribution < -0.4 is 11.1 Å². The summed E-state index contributed by atoms with van der Waals surface area (Å²) in [6.07, 6.45) is 30.7. The monoisotopic (exact) mass is 585 g/mol. The van der Waals surface area contributed by atoms with Crippen LogP contribution in [0.5, 0.6) is 0 Å². The first-order valence-electron chi connectivity index (χ1n) is 17.2. The zero-order valence-electron chi connectivity index (χ0n) is 28.0. The van der Waals surface area contributed by atoms with Crippen LogP contribution in [0.4, 0.5) is 4.79 Å². The van der Waals surface area contributed by atoms with Gasteiger partial charge in [-0.2, -0.15) is 0 Å². The van der Waals surface area contributed by atoms with Crippen LogP contribution in [0.15, 0.2) is 0 Å². The van der Waals surface area contributed by atoms with Crippen molar-refractivity contribution in [2.24, 2.45) is 5.73 Å². The molecule has 0 aromatic rings. The third-order valence-corrected chi connectivity index (χ3v) is 7.06. The number of alkyl carbamates (subject to hydrolysis) is 1. The molecule has 41 heavy (non-hydrogen) atoms. The van der Waals surface area contributed by atoms with E-state index in [0.29, 0.717) is 0 Å². The van der Waals surface area contributed by atoms with E-state index in [4.69, 9.17) is 20.9 Å². The summed E-state index contributed by atoms with van der Waals surface area (Å²) in [5.41, 5.74) is 4.48. The number of carboxylic acids is 1. The van der Waals surface area contributed by atoms with Gasteiger partial charge in [-0.25, -0.2) is 9.59 Å². The lowest BCUT2D eigenvalue weighted by molar-refractivity contribution is -0.139. The van der Waals surface area contributed by atoms with Gasteiger partial charge in [-0.3, -0.25) is 0 Å². The van der Waals surface area contributed by atoms with Gasteiger partial charge in [0.1, 0.15) is 11.6 Å². The van der Waals surface area contributed by atoms with E-state index in [1.165, 1.54) is 141 Å². The lowest BCUT2D eigenvalue weighted by Gasteiger charge is -2.21. The lowest BCUT2D eigenvalue weighted by atomic mass is 10.1. The molecule has 0 aromatic heterocycles. The highest BCUT2D eigenvalue weighted by atomic mass is 16.6. The van der Waals surface area contributed by atoms with E-state index in [1.54, 1.807) is 20.8 Å². The van der Waals surface area contributed by atoms with Gasteiger partial charge in [0.2, 0.25) is 0 Å². The van der Waals surface area contributed by atoms with Crippen molar-refractivity contribution in [2.75, 3.05) is 19.6 Å². The van der Waals surface area contributed by atoms with Crippen LogP contribution in [-0.2, 0) is 9.53 Å². The maximum absolute atomic E-state index is 11.1. The van der Waals surface area contributed by atoms with Crippen molar-refractivity contribution in [1.29, 1.82) is 0 Å². The Hall–Kier alpha value is -1.34. The highest BCUT2D eigenvalue weighted by Gasteiger charge is 2.22. The molecular weight excluding hydrogens is 514 g/mol. The van der Waals surface area contributed by atoms with Crippen molar-refractivity contribution >= 4 is 12.1 Å². The molecule has 0 aromatic carbocycles. The predicted molar refractivity (Wildman–Crippen MR) is 176 cm³/mol. The van der Waals surface area contributed by atoms with Crippen molar-refractivity contribution < 1.29 is 19.4 Å². The molecule has 0 aliphatic heterocycles. The molecule has 0 bridgehead atoms. The van der Waals surface area contributed by atoms with E-state index < -0.39 is 23.7 Å². The topological polar surface area (TPSA) is 116 Å². The van der Waals surface area contributed by atoms with Crippen molar-refractivity contribution in [3.05, 3.63) is 5.32 Å². The van der Waals surface area contributed by atoms with Gasteiger partial charge < -0.3 is 26.2 Å². The molecule has 0 aliphatic carbocycles. The Balaban J connectivity index is 0. The van der Waals surface area contributed by atoms with Gasteiger partial charge in [0, 0.05) is 6.54 Å². The molecule has 0 rings (SSSR count). The summed E-state index contributed by atoms with van der Waals surface area (Å²) < 4.78 is 4.85. The van der Waals surface area contributed by atoms with Crippen LogP contribution in [0.3, 0.4) is 0 Å². The van der Waals surface area contributed by atoms with Crippen LogP contribution in [-0.4, -0.2) is 48.4 Å². The number of unbranched alkanes of at least 4 members (excludes halogenated alkanes) is 20. The zero-order valence-corrected chi connectivity index (χ0v) is 28.0. The Labute approximate surface area is 254 Å². The third-order valence-electron chi connectivity index (χ3n) is 7.06. The number of aliphatic carboxylic acids is 1. The average Bonchev–Trinajstić information content (AvgIpc) is 2.91. The fourth-order valence-electron chi connectivity index (χ4n) is 4.56. The number of carbonyl (C=O) groups is 2. The number of carboxylic acid groups (broad SMARTS) is 1. The van der Waals surface area contributed by atoms with E-state index in [0.717, 1.165) is 13.1 Å². The van der Waals surface area contributed by atoms with Crippen molar-refractivity contribution in [3.63, 3.8) is 0 Å². The van der Waals surface area contributed by atoms with E-state index in [-0.39, 0.29) is 6.54 Å². The highest BCUT2D eigenvalue weighted by molar-refractivity contribution is 5.80. The van der Waals surface area contributed by atoms with Gasteiger partial charge in [0.05, 0.1) is 0 Å². The second-order valence-electron chi connectivity index (χ2n) is 12.5. The zero-order chi connectivity index (χ0) is 31.0. The molecule has 0 spiro atoms. The number of ether oxygens (including phenoxy) is 1. The number of amides is 1. The Bertz CT molecular complexity index is 543. The maximum Gasteiger partial charge on any atom is 0.408 e. The summed E-state index contributed by atoms with van der Waals surface area (Å²) in [5, 5.41) is 15.4. The molecule has 0 aliphatic rings. The first-order valence-corrected chi connectivity index (χ1v) is 17.2. The minimum atomic E-state index is -1.18. The van der Waals surface area contributed by atoms with Gasteiger partial charge in [-0.15, -0.1) is 13.1 Å². The van der Waals surface area contributed by atoms with Gasteiger partial charge in [-0.05, 0) is 20.8 Å². The fourth-order valence-corrected chi connectivity index (χ4v) is 4.56. The summed E-state index contributed by atoms with van der Waals surface area (Å²) in [7, 11) is 0. The largest absolute Gasteiger partial charge is 0.662 e. The number of rotatable bonds is 27. The average molecular weight is 585 g/mol. The lowest BCUT2D eigenvalue weighted by Crippen LogP contribution is -2.47. The Kier molecular flexibility index (Phi) is 32.2. The summed E-state index contributed by atoms with van der Waals surface area (Å²) >= 11 is 0. The molecule has 0 fully saturated rings. The first-order chi connectivity index (χ1) is 19.7. The van der Waals surface area contributed by atoms with Gasteiger partial charge in [0.15, 0.2) is 0 Å². The Morgan fingerprint density at radius 3 is 1.24 bits per heavy atom. The molecule has 0 heterocycles. The van der Waals surface area contributed by atoms with Gasteiger partial charge in [-0.1, -0.05) is 155 Å². The first kappa shape index (κ1) is 41.8. The molecule has 0 saturated carbocycles. The number of nitrogens with zero attached hydrogens (tertiary/aromatic N) is 1. The molecule has 1 amide bonds. The smallest absolute Gasteiger partial charge is 0.408 e. The van der Waals surface area contributed by atoms with E-state index >= 15 is 0 Å².